The number of carbonyl (C=O) groups is 1. The molecule has 0 saturated heterocycles. The molecule has 1 aliphatic carbocycles. The normalized spacial score (nSPS) is 23.0. The van der Waals surface area contributed by atoms with E-state index >= 15 is 0 Å². The number of rotatable bonds is 4. The lowest BCUT2D eigenvalue weighted by Gasteiger charge is -2.25. The molecule has 0 bridgehead atoms. The second-order valence-corrected chi connectivity index (χ2v) is 5.49. The summed E-state index contributed by atoms with van der Waals surface area (Å²) in [5.41, 5.74) is 0.594. The Morgan fingerprint density at radius 3 is 2.53 bits per heavy atom. The van der Waals surface area contributed by atoms with Crippen LogP contribution in [-0.4, -0.2) is 10.7 Å². The molecule has 2 rings (SSSR count). The molecule has 0 spiro atoms. The van der Waals surface area contributed by atoms with Crippen molar-refractivity contribution in [2.45, 2.75) is 39.0 Å². The van der Waals surface area contributed by atoms with Crippen LogP contribution in [0.15, 0.2) is 24.3 Å². The van der Waals surface area contributed by atoms with Crippen molar-refractivity contribution in [2.24, 2.45) is 11.8 Å². The number of hydrogen-bond acceptors (Lipinski definition) is 3. The van der Waals surface area contributed by atoms with Crippen LogP contribution in [0.5, 0.6) is 0 Å². The Kier molecular flexibility index (Phi) is 4.30. The standard InChI is InChI=1S/C15H19NO3/c1-11-6-8-12(9-7-11)15(17)10-13-4-2-3-5-14(13)16(18)19/h2-5,11-12H,6-10H2,1H3. The third-order valence-corrected chi connectivity index (χ3v) is 4.02. The first-order chi connectivity index (χ1) is 9.08. The summed E-state index contributed by atoms with van der Waals surface area (Å²) in [5.74, 6) is 0.951. The maximum Gasteiger partial charge on any atom is 0.273 e. The smallest absolute Gasteiger partial charge is 0.273 e. The summed E-state index contributed by atoms with van der Waals surface area (Å²) in [6.07, 6.45) is 4.23. The molecule has 0 N–H and O–H groups in total. The Morgan fingerprint density at radius 1 is 1.26 bits per heavy atom. The number of ketones is 1. The van der Waals surface area contributed by atoms with Crippen molar-refractivity contribution in [2.75, 3.05) is 0 Å². The van der Waals surface area contributed by atoms with E-state index < -0.39 is 4.92 Å². The van der Waals surface area contributed by atoms with Gasteiger partial charge in [-0.05, 0) is 18.8 Å². The summed E-state index contributed by atoms with van der Waals surface area (Å²) in [7, 11) is 0. The molecule has 1 aromatic carbocycles. The number of para-hydroxylation sites is 1. The van der Waals surface area contributed by atoms with E-state index in [0.29, 0.717) is 11.5 Å². The first-order valence-electron chi connectivity index (χ1n) is 6.83. The molecule has 0 aliphatic heterocycles. The summed E-state index contributed by atoms with van der Waals surface area (Å²) in [6.45, 7) is 2.21. The molecule has 1 aromatic rings. The Labute approximate surface area is 113 Å². The fourth-order valence-corrected chi connectivity index (χ4v) is 2.75. The van der Waals surface area contributed by atoms with Crippen molar-refractivity contribution < 1.29 is 9.72 Å². The lowest BCUT2D eigenvalue weighted by Crippen LogP contribution is -2.22. The highest BCUT2D eigenvalue weighted by Crippen LogP contribution is 2.30. The molecule has 1 aliphatic rings. The summed E-state index contributed by atoms with van der Waals surface area (Å²) in [6, 6.07) is 6.53. The number of hydrogen-bond donors (Lipinski definition) is 0. The molecule has 0 radical (unpaired) electrons. The Hall–Kier alpha value is -1.71. The molecular weight excluding hydrogens is 242 g/mol. The van der Waals surface area contributed by atoms with Crippen molar-refractivity contribution >= 4 is 11.5 Å². The van der Waals surface area contributed by atoms with Gasteiger partial charge in [-0.1, -0.05) is 38.0 Å². The second kappa shape index (κ2) is 5.95. The molecular formula is C15H19NO3. The molecule has 0 heterocycles. The minimum Gasteiger partial charge on any atom is -0.299 e. The van der Waals surface area contributed by atoms with Crippen molar-refractivity contribution in [3.05, 3.63) is 39.9 Å². The van der Waals surface area contributed by atoms with E-state index in [1.165, 1.54) is 6.07 Å². The molecule has 1 fully saturated rings. The maximum atomic E-state index is 12.2. The largest absolute Gasteiger partial charge is 0.299 e. The number of nitro benzene ring substituents is 1. The third-order valence-electron chi connectivity index (χ3n) is 4.02. The average Bonchev–Trinajstić information content (AvgIpc) is 2.39. The zero-order valence-electron chi connectivity index (χ0n) is 11.2. The fraction of sp³-hybridized carbons (Fsp3) is 0.533. The SMILES string of the molecule is CC1CCC(C(=O)Cc2ccccc2[N+](=O)[O-])CC1. The van der Waals surface area contributed by atoms with Crippen molar-refractivity contribution in [3.8, 4) is 0 Å². The van der Waals surface area contributed by atoms with Gasteiger partial charge >= 0.3 is 0 Å². The fourth-order valence-electron chi connectivity index (χ4n) is 2.75. The summed E-state index contributed by atoms with van der Waals surface area (Å²) < 4.78 is 0. The van der Waals surface area contributed by atoms with Crippen molar-refractivity contribution in [3.63, 3.8) is 0 Å². The molecule has 19 heavy (non-hydrogen) atoms. The van der Waals surface area contributed by atoms with Gasteiger partial charge in [0, 0.05) is 24.0 Å². The van der Waals surface area contributed by atoms with Crippen LogP contribution < -0.4 is 0 Å². The van der Waals surface area contributed by atoms with Crippen molar-refractivity contribution in [1.82, 2.24) is 0 Å². The van der Waals surface area contributed by atoms with E-state index in [9.17, 15) is 14.9 Å². The first-order valence-corrected chi connectivity index (χ1v) is 6.83. The highest BCUT2D eigenvalue weighted by atomic mass is 16.6. The predicted molar refractivity (Wildman–Crippen MR) is 72.9 cm³/mol. The zero-order valence-corrected chi connectivity index (χ0v) is 11.2. The molecule has 0 aromatic heterocycles. The molecule has 1 saturated carbocycles. The summed E-state index contributed by atoms with van der Waals surface area (Å²) >= 11 is 0. The van der Waals surface area contributed by atoms with Crippen LogP contribution in [0.1, 0.15) is 38.2 Å². The van der Waals surface area contributed by atoms with E-state index in [1.807, 2.05) is 0 Å². The topological polar surface area (TPSA) is 60.2 Å². The summed E-state index contributed by atoms with van der Waals surface area (Å²) in [4.78, 5) is 22.7. The van der Waals surface area contributed by atoms with Gasteiger partial charge in [0.1, 0.15) is 5.78 Å². The summed E-state index contributed by atoms with van der Waals surface area (Å²) in [5, 5.41) is 10.9. The highest BCUT2D eigenvalue weighted by molar-refractivity contribution is 5.84. The van der Waals surface area contributed by atoms with Crippen LogP contribution in [0.4, 0.5) is 5.69 Å². The van der Waals surface area contributed by atoms with E-state index in [2.05, 4.69) is 6.92 Å². The van der Waals surface area contributed by atoms with Gasteiger partial charge in [-0.25, -0.2) is 0 Å². The van der Waals surface area contributed by atoms with E-state index in [0.717, 1.165) is 25.7 Å². The van der Waals surface area contributed by atoms with E-state index in [4.69, 9.17) is 0 Å². The van der Waals surface area contributed by atoms with Gasteiger partial charge in [-0.2, -0.15) is 0 Å². The molecule has 4 heteroatoms. The third kappa shape index (κ3) is 3.40. The van der Waals surface area contributed by atoms with Crippen molar-refractivity contribution in [1.29, 1.82) is 0 Å². The first kappa shape index (κ1) is 13.7. The Morgan fingerprint density at radius 2 is 1.89 bits per heavy atom. The van der Waals surface area contributed by atoms with Crippen LogP contribution in [0.2, 0.25) is 0 Å². The van der Waals surface area contributed by atoms with Gasteiger partial charge in [0.15, 0.2) is 0 Å². The van der Waals surface area contributed by atoms with Gasteiger partial charge in [0.2, 0.25) is 0 Å². The predicted octanol–water partition coefficient (Wildman–Crippen LogP) is 3.53. The second-order valence-electron chi connectivity index (χ2n) is 5.49. The van der Waals surface area contributed by atoms with Crippen LogP contribution in [0.25, 0.3) is 0 Å². The molecule has 0 unspecified atom stereocenters. The van der Waals surface area contributed by atoms with Crippen LogP contribution >= 0.6 is 0 Å². The minimum absolute atomic E-state index is 0.0556. The number of carbonyl (C=O) groups excluding carboxylic acids is 1. The molecule has 4 nitrogen and oxygen atoms in total. The van der Waals surface area contributed by atoms with Gasteiger partial charge in [-0.3, -0.25) is 14.9 Å². The molecule has 0 atom stereocenters. The van der Waals surface area contributed by atoms with E-state index in [-0.39, 0.29) is 23.8 Å². The Balaban J connectivity index is 2.05. The number of benzene rings is 1. The number of nitrogens with zero attached hydrogens (tertiary/aromatic N) is 1. The van der Waals surface area contributed by atoms with Gasteiger partial charge in [0.05, 0.1) is 4.92 Å². The lowest BCUT2D eigenvalue weighted by molar-refractivity contribution is -0.385. The van der Waals surface area contributed by atoms with Crippen LogP contribution in [0.3, 0.4) is 0 Å². The number of Topliss-reactive ketones (excluding diaryl/α,β-unsaturated/α-hetero) is 1. The minimum atomic E-state index is -0.411. The van der Waals surface area contributed by atoms with Crippen LogP contribution in [0, 0.1) is 22.0 Å². The quantitative estimate of drug-likeness (QED) is 0.615. The van der Waals surface area contributed by atoms with Gasteiger partial charge in [-0.15, -0.1) is 0 Å². The number of nitro groups is 1. The monoisotopic (exact) mass is 261 g/mol. The van der Waals surface area contributed by atoms with Crippen LogP contribution in [-0.2, 0) is 11.2 Å². The molecule has 0 amide bonds. The molecule has 102 valence electrons. The Bertz CT molecular complexity index is 476. The average molecular weight is 261 g/mol. The van der Waals surface area contributed by atoms with E-state index in [1.54, 1.807) is 18.2 Å². The highest BCUT2D eigenvalue weighted by Gasteiger charge is 2.25. The zero-order chi connectivity index (χ0) is 13.8. The van der Waals surface area contributed by atoms with Gasteiger partial charge < -0.3 is 0 Å². The lowest BCUT2D eigenvalue weighted by atomic mass is 9.79. The maximum absolute atomic E-state index is 12.2. The van der Waals surface area contributed by atoms with Gasteiger partial charge in [0.25, 0.3) is 5.69 Å².